The molecule has 1 amide bonds. The second-order valence-corrected chi connectivity index (χ2v) is 10.1. The van der Waals surface area contributed by atoms with Gasteiger partial charge in [-0.05, 0) is 37.1 Å². The number of sulfone groups is 1. The van der Waals surface area contributed by atoms with E-state index in [0.717, 1.165) is 16.7 Å². The van der Waals surface area contributed by atoms with Gasteiger partial charge in [0.15, 0.2) is 21.0 Å². The zero-order chi connectivity index (χ0) is 23.2. The number of amides is 1. The molecular weight excluding hydrogens is 441 g/mol. The SMILES string of the molecule is Cn1c(=O)c2c(ncn2CC(=O)N2CCC(S(=O)(=O)c3ccc(F)cc3)CC2)n(C)c1=O. The summed E-state index contributed by atoms with van der Waals surface area (Å²) in [4.78, 5) is 43.1. The van der Waals surface area contributed by atoms with Crippen molar-refractivity contribution < 1.29 is 17.6 Å². The monoisotopic (exact) mass is 463 g/mol. The predicted molar refractivity (Wildman–Crippen MR) is 113 cm³/mol. The number of carbonyl (C=O) groups excluding carboxylic acids is 1. The van der Waals surface area contributed by atoms with E-state index in [2.05, 4.69) is 4.98 Å². The lowest BCUT2D eigenvalue weighted by Crippen LogP contribution is -2.44. The van der Waals surface area contributed by atoms with Crippen LogP contribution in [0.25, 0.3) is 11.2 Å². The Morgan fingerprint density at radius 2 is 1.72 bits per heavy atom. The maximum Gasteiger partial charge on any atom is 0.332 e. The van der Waals surface area contributed by atoms with Gasteiger partial charge < -0.3 is 9.47 Å². The van der Waals surface area contributed by atoms with Crippen LogP contribution in [0.3, 0.4) is 0 Å². The van der Waals surface area contributed by atoms with Crippen LogP contribution in [0.4, 0.5) is 4.39 Å². The number of nitrogens with zero attached hydrogens (tertiary/aromatic N) is 5. The Kier molecular flexibility index (Phi) is 5.49. The van der Waals surface area contributed by atoms with Gasteiger partial charge in [-0.25, -0.2) is 22.6 Å². The molecule has 0 spiro atoms. The molecule has 0 unspecified atom stereocenters. The number of carbonyl (C=O) groups is 1. The van der Waals surface area contributed by atoms with Crippen LogP contribution in [-0.2, 0) is 35.3 Å². The van der Waals surface area contributed by atoms with Gasteiger partial charge in [0, 0.05) is 27.2 Å². The molecule has 3 heterocycles. The quantitative estimate of drug-likeness (QED) is 0.505. The summed E-state index contributed by atoms with van der Waals surface area (Å²) >= 11 is 0. The summed E-state index contributed by atoms with van der Waals surface area (Å²) in [6.07, 6.45) is 1.86. The molecule has 3 aromatic rings. The molecular formula is C20H22FN5O5S. The Morgan fingerprint density at radius 1 is 1.09 bits per heavy atom. The van der Waals surface area contributed by atoms with Crippen molar-refractivity contribution in [2.24, 2.45) is 14.1 Å². The van der Waals surface area contributed by atoms with E-state index < -0.39 is 32.2 Å². The molecule has 2 aromatic heterocycles. The fraction of sp³-hybridized carbons (Fsp3) is 0.400. The average Bonchev–Trinajstić information content (AvgIpc) is 3.20. The number of fused-ring (bicyclic) bond motifs is 1. The van der Waals surface area contributed by atoms with Crippen molar-refractivity contribution in [3.8, 4) is 0 Å². The molecule has 1 fully saturated rings. The standard InChI is InChI=1S/C20H22FN5O5S/c1-23-18-17(19(28)24(2)20(23)29)26(12-22-18)11-16(27)25-9-7-15(8-10-25)32(30,31)14-5-3-13(21)4-6-14/h3-6,12,15H,7-11H2,1-2H3. The minimum absolute atomic E-state index is 0.0648. The number of imidazole rings is 1. The molecule has 4 rings (SSSR count). The average molecular weight is 463 g/mol. The van der Waals surface area contributed by atoms with E-state index in [1.807, 2.05) is 0 Å². The highest BCUT2D eigenvalue weighted by atomic mass is 32.2. The van der Waals surface area contributed by atoms with Gasteiger partial charge in [-0.1, -0.05) is 0 Å². The van der Waals surface area contributed by atoms with E-state index in [0.29, 0.717) is 0 Å². The van der Waals surface area contributed by atoms with Crippen LogP contribution in [0.2, 0.25) is 0 Å². The lowest BCUT2D eigenvalue weighted by atomic mass is 10.1. The number of piperidine rings is 1. The van der Waals surface area contributed by atoms with Crippen molar-refractivity contribution >= 4 is 26.9 Å². The van der Waals surface area contributed by atoms with Gasteiger partial charge >= 0.3 is 5.69 Å². The highest BCUT2D eigenvalue weighted by Gasteiger charge is 2.33. The largest absolute Gasteiger partial charge is 0.341 e. The molecule has 10 nitrogen and oxygen atoms in total. The minimum Gasteiger partial charge on any atom is -0.341 e. The third-order valence-electron chi connectivity index (χ3n) is 5.90. The highest BCUT2D eigenvalue weighted by molar-refractivity contribution is 7.92. The summed E-state index contributed by atoms with van der Waals surface area (Å²) < 4.78 is 42.3. The molecule has 1 aromatic carbocycles. The van der Waals surface area contributed by atoms with Crippen molar-refractivity contribution in [2.75, 3.05) is 13.1 Å². The third-order valence-corrected chi connectivity index (χ3v) is 8.18. The Balaban J connectivity index is 1.48. The zero-order valence-electron chi connectivity index (χ0n) is 17.6. The summed E-state index contributed by atoms with van der Waals surface area (Å²) in [5.41, 5.74) is -0.715. The normalized spacial score (nSPS) is 15.4. The molecule has 32 heavy (non-hydrogen) atoms. The molecule has 12 heteroatoms. The number of halogens is 1. The van der Waals surface area contributed by atoms with E-state index in [-0.39, 0.29) is 54.4 Å². The number of aromatic nitrogens is 4. The topological polar surface area (TPSA) is 116 Å². The lowest BCUT2D eigenvalue weighted by molar-refractivity contribution is -0.132. The van der Waals surface area contributed by atoms with E-state index in [1.165, 1.54) is 41.7 Å². The number of hydrogen-bond donors (Lipinski definition) is 0. The molecule has 0 saturated carbocycles. The van der Waals surface area contributed by atoms with Crippen molar-refractivity contribution in [3.05, 3.63) is 57.2 Å². The fourth-order valence-corrected chi connectivity index (χ4v) is 5.73. The molecule has 0 bridgehead atoms. The van der Waals surface area contributed by atoms with Gasteiger partial charge in [0.1, 0.15) is 12.4 Å². The van der Waals surface area contributed by atoms with Crippen LogP contribution in [0, 0.1) is 5.82 Å². The third kappa shape index (κ3) is 3.64. The van der Waals surface area contributed by atoms with Crippen molar-refractivity contribution in [2.45, 2.75) is 29.5 Å². The van der Waals surface area contributed by atoms with Crippen LogP contribution in [0.15, 0.2) is 45.1 Å². The number of rotatable bonds is 4. The first kappa shape index (κ1) is 21.9. The maximum absolute atomic E-state index is 13.1. The molecule has 1 saturated heterocycles. The second kappa shape index (κ2) is 8.01. The molecule has 0 N–H and O–H groups in total. The van der Waals surface area contributed by atoms with E-state index in [1.54, 1.807) is 4.90 Å². The van der Waals surface area contributed by atoms with E-state index in [4.69, 9.17) is 0 Å². The Hall–Kier alpha value is -3.28. The predicted octanol–water partition coefficient (Wildman–Crippen LogP) is 0.0377. The lowest BCUT2D eigenvalue weighted by Gasteiger charge is -2.32. The van der Waals surface area contributed by atoms with Gasteiger partial charge in [0.05, 0.1) is 16.5 Å². The molecule has 1 aliphatic rings. The smallest absolute Gasteiger partial charge is 0.332 e. The maximum atomic E-state index is 13.1. The summed E-state index contributed by atoms with van der Waals surface area (Å²) in [5, 5.41) is -0.659. The summed E-state index contributed by atoms with van der Waals surface area (Å²) in [6.45, 7) is 0.333. The first-order valence-electron chi connectivity index (χ1n) is 9.99. The van der Waals surface area contributed by atoms with Crippen LogP contribution >= 0.6 is 0 Å². The Bertz CT molecular complexity index is 1410. The van der Waals surface area contributed by atoms with E-state index >= 15 is 0 Å². The van der Waals surface area contributed by atoms with Gasteiger partial charge in [0.25, 0.3) is 5.56 Å². The first-order valence-corrected chi connectivity index (χ1v) is 11.5. The first-order chi connectivity index (χ1) is 15.1. The van der Waals surface area contributed by atoms with Gasteiger partial charge in [0.2, 0.25) is 5.91 Å². The van der Waals surface area contributed by atoms with Crippen molar-refractivity contribution in [1.82, 2.24) is 23.6 Å². The number of hydrogen-bond acceptors (Lipinski definition) is 6. The minimum atomic E-state index is -3.62. The summed E-state index contributed by atoms with van der Waals surface area (Å²) in [5.74, 6) is -0.788. The van der Waals surface area contributed by atoms with Gasteiger partial charge in [-0.3, -0.25) is 18.7 Å². The molecule has 1 aliphatic heterocycles. The Morgan fingerprint density at radius 3 is 2.34 bits per heavy atom. The summed E-state index contributed by atoms with van der Waals surface area (Å²) in [7, 11) is -0.770. The summed E-state index contributed by atoms with van der Waals surface area (Å²) in [6, 6.07) is 4.72. The van der Waals surface area contributed by atoms with Gasteiger partial charge in [-0.2, -0.15) is 0 Å². The Labute approximate surface area is 182 Å². The van der Waals surface area contributed by atoms with Gasteiger partial charge in [-0.15, -0.1) is 0 Å². The van der Waals surface area contributed by atoms with E-state index in [9.17, 15) is 27.2 Å². The number of benzene rings is 1. The fourth-order valence-electron chi connectivity index (χ4n) is 3.99. The highest BCUT2D eigenvalue weighted by Crippen LogP contribution is 2.25. The number of aryl methyl sites for hydroxylation is 1. The van der Waals surface area contributed by atoms with Crippen molar-refractivity contribution in [1.29, 1.82) is 0 Å². The number of likely N-dealkylation sites (tertiary alicyclic amines) is 1. The molecule has 170 valence electrons. The molecule has 0 atom stereocenters. The molecule has 0 aliphatic carbocycles. The molecule has 0 radical (unpaired) electrons. The van der Waals surface area contributed by atoms with Crippen LogP contribution < -0.4 is 11.2 Å². The van der Waals surface area contributed by atoms with Crippen LogP contribution in [0.5, 0.6) is 0 Å². The zero-order valence-corrected chi connectivity index (χ0v) is 18.4. The van der Waals surface area contributed by atoms with Crippen molar-refractivity contribution in [3.63, 3.8) is 0 Å². The van der Waals surface area contributed by atoms with Crippen LogP contribution in [0.1, 0.15) is 12.8 Å². The van der Waals surface area contributed by atoms with Crippen LogP contribution in [-0.4, -0.2) is 56.2 Å². The second-order valence-electron chi connectivity index (χ2n) is 7.83.